The van der Waals surface area contributed by atoms with E-state index in [1.54, 1.807) is 26.2 Å². The quantitative estimate of drug-likeness (QED) is 0.334. The van der Waals surface area contributed by atoms with E-state index in [9.17, 15) is 4.39 Å². The minimum atomic E-state index is -1.06. The normalized spacial score (nSPS) is 24.1. The van der Waals surface area contributed by atoms with Gasteiger partial charge in [-0.3, -0.25) is 4.99 Å². The fourth-order valence-electron chi connectivity index (χ4n) is 5.05. The summed E-state index contributed by atoms with van der Waals surface area (Å²) in [5.41, 5.74) is 6.39. The Morgan fingerprint density at radius 1 is 1.24 bits per heavy atom. The molecule has 2 aliphatic rings. The molecule has 0 radical (unpaired) electrons. The monoisotopic (exact) mass is 539 g/mol. The van der Waals surface area contributed by atoms with E-state index in [0.717, 1.165) is 12.5 Å². The third kappa shape index (κ3) is 4.21. The van der Waals surface area contributed by atoms with Crippen LogP contribution in [0.5, 0.6) is 5.88 Å². The number of oxazole rings is 1. The lowest BCUT2D eigenvalue weighted by molar-refractivity contribution is 0.184. The van der Waals surface area contributed by atoms with Gasteiger partial charge in [0.25, 0.3) is 0 Å². The Morgan fingerprint density at radius 2 is 2.11 bits per heavy atom. The largest absolute Gasteiger partial charge is 0.467 e. The first kappa shape index (κ1) is 24.5. The molecule has 1 aliphatic heterocycles. The van der Waals surface area contributed by atoms with Crippen molar-refractivity contribution < 1.29 is 22.7 Å². The molecule has 0 saturated heterocycles. The maximum absolute atomic E-state index is 15.2. The number of rotatable bonds is 8. The Morgan fingerprint density at radius 3 is 2.89 bits per heavy atom. The number of ether oxygens (including phenoxy) is 2. The van der Waals surface area contributed by atoms with Gasteiger partial charge in [-0.15, -0.1) is 0 Å². The molecule has 3 aromatic heterocycles. The van der Waals surface area contributed by atoms with Gasteiger partial charge in [0.15, 0.2) is 29.2 Å². The SMILES string of the molecule is COC[C@]12C[C@H]1[C@](C)(c1cc(Nc3nccc4nc(OCc5ncco5)cnc34)cc(F)c1F)N=C(N)S2. The van der Waals surface area contributed by atoms with Gasteiger partial charge in [0, 0.05) is 36.5 Å². The lowest BCUT2D eigenvalue weighted by Crippen LogP contribution is -2.37. The summed E-state index contributed by atoms with van der Waals surface area (Å²) in [6.07, 6.45) is 6.68. The molecule has 1 aliphatic carbocycles. The molecular weight excluding hydrogens is 516 g/mol. The fourth-order valence-corrected chi connectivity index (χ4v) is 6.50. The Bertz CT molecular complexity index is 1550. The molecule has 0 bridgehead atoms. The van der Waals surface area contributed by atoms with Gasteiger partial charge in [0.2, 0.25) is 11.8 Å². The maximum atomic E-state index is 15.2. The van der Waals surface area contributed by atoms with Crippen LogP contribution in [0.1, 0.15) is 24.8 Å². The van der Waals surface area contributed by atoms with Gasteiger partial charge >= 0.3 is 0 Å². The number of nitrogens with two attached hydrogens (primary N) is 1. The first-order valence-corrected chi connectivity index (χ1v) is 12.6. The minimum absolute atomic E-state index is 0.0623. The van der Waals surface area contributed by atoms with Gasteiger partial charge < -0.3 is 24.9 Å². The van der Waals surface area contributed by atoms with Crippen LogP contribution < -0.4 is 15.8 Å². The van der Waals surface area contributed by atoms with Gasteiger partial charge in [0.05, 0.1) is 34.8 Å². The van der Waals surface area contributed by atoms with E-state index in [1.807, 2.05) is 0 Å². The maximum Gasteiger partial charge on any atom is 0.233 e. The number of hydrogen-bond donors (Lipinski definition) is 2. The summed E-state index contributed by atoms with van der Waals surface area (Å²) in [4.78, 5) is 21.8. The van der Waals surface area contributed by atoms with Crippen molar-refractivity contribution in [2.24, 2.45) is 16.6 Å². The van der Waals surface area contributed by atoms with Crippen molar-refractivity contribution in [3.8, 4) is 5.88 Å². The molecular formula is C25H23F2N7O3S. The highest BCUT2D eigenvalue weighted by Crippen LogP contribution is 2.66. The Balaban J connectivity index is 1.31. The number of aromatic nitrogens is 4. The first-order valence-electron chi connectivity index (χ1n) is 11.7. The lowest BCUT2D eigenvalue weighted by atomic mass is 9.85. The predicted molar refractivity (Wildman–Crippen MR) is 137 cm³/mol. The summed E-state index contributed by atoms with van der Waals surface area (Å²) in [6, 6.07) is 4.29. The summed E-state index contributed by atoms with van der Waals surface area (Å²) in [5.74, 6) is -1.04. The van der Waals surface area contributed by atoms with Crippen LogP contribution in [0.2, 0.25) is 0 Å². The smallest absolute Gasteiger partial charge is 0.233 e. The van der Waals surface area contributed by atoms with Crippen molar-refractivity contribution >= 4 is 39.5 Å². The summed E-state index contributed by atoms with van der Waals surface area (Å²) in [5, 5.41) is 3.39. The number of halogens is 2. The molecule has 3 N–H and O–H groups in total. The van der Waals surface area contributed by atoms with Crippen LogP contribution in [0.3, 0.4) is 0 Å². The topological polar surface area (TPSA) is 134 Å². The van der Waals surface area contributed by atoms with Crippen LogP contribution in [-0.4, -0.2) is 43.6 Å². The van der Waals surface area contributed by atoms with Gasteiger partial charge in [-0.1, -0.05) is 11.8 Å². The van der Waals surface area contributed by atoms with Gasteiger partial charge in [-0.05, 0) is 25.5 Å². The third-order valence-electron chi connectivity index (χ3n) is 6.84. The van der Waals surface area contributed by atoms with Crippen LogP contribution in [0.4, 0.5) is 20.3 Å². The lowest BCUT2D eigenvalue weighted by Gasteiger charge is -2.34. The molecule has 0 unspecified atom stereocenters. The number of pyridine rings is 1. The molecule has 6 rings (SSSR count). The molecule has 13 heteroatoms. The van der Waals surface area contributed by atoms with Crippen molar-refractivity contribution in [3.63, 3.8) is 0 Å². The minimum Gasteiger partial charge on any atom is -0.467 e. The van der Waals surface area contributed by atoms with Crippen molar-refractivity contribution in [2.45, 2.75) is 30.2 Å². The number of aliphatic imine (C=N–C) groups is 1. The molecule has 4 heterocycles. The number of thioether (sulfide) groups is 1. The second kappa shape index (κ2) is 9.17. The highest BCUT2D eigenvalue weighted by atomic mass is 32.2. The average molecular weight is 540 g/mol. The molecule has 0 amide bonds. The summed E-state index contributed by atoms with van der Waals surface area (Å²) in [6.45, 7) is 2.32. The third-order valence-corrected chi connectivity index (χ3v) is 8.12. The highest BCUT2D eigenvalue weighted by Gasteiger charge is 2.66. The number of fused-ring (bicyclic) bond motifs is 2. The summed E-state index contributed by atoms with van der Waals surface area (Å²) in [7, 11) is 1.61. The zero-order valence-electron chi connectivity index (χ0n) is 20.4. The molecule has 10 nitrogen and oxygen atoms in total. The molecule has 1 saturated carbocycles. The standard InChI is InChI=1S/C25H23F2N7O3S/c1-24(17-9-25(17,12-35-2)38-23(28)34-24)14-7-13(8-15(26)20(14)27)32-22-21-16(3-4-30-22)33-18(10-31-21)37-11-19-29-5-6-36-19/h3-8,10,17H,9,11-12H2,1-2H3,(H2,28,34)(H,30,32)/t17-,24-,25+/m0/s1. The Hall–Kier alpha value is -3.84. The van der Waals surface area contributed by atoms with Gasteiger partial charge in [-0.2, -0.15) is 0 Å². The molecule has 0 spiro atoms. The van der Waals surface area contributed by atoms with Crippen molar-refractivity contribution in [1.82, 2.24) is 19.9 Å². The highest BCUT2D eigenvalue weighted by molar-refractivity contribution is 8.15. The Labute approximate surface area is 220 Å². The number of nitrogens with one attached hydrogen (secondary N) is 1. The van der Waals surface area contributed by atoms with Crippen LogP contribution in [0, 0.1) is 17.6 Å². The Kier molecular flexibility index (Phi) is 5.91. The van der Waals surface area contributed by atoms with E-state index in [2.05, 4.69) is 30.2 Å². The van der Waals surface area contributed by atoms with Crippen LogP contribution in [-0.2, 0) is 16.9 Å². The van der Waals surface area contributed by atoms with Gasteiger partial charge in [-0.25, -0.2) is 28.7 Å². The predicted octanol–water partition coefficient (Wildman–Crippen LogP) is 4.30. The van der Waals surface area contributed by atoms with Crippen molar-refractivity contribution in [1.29, 1.82) is 0 Å². The van der Waals surface area contributed by atoms with E-state index in [4.69, 9.17) is 19.6 Å². The van der Waals surface area contributed by atoms with Crippen molar-refractivity contribution in [2.75, 3.05) is 19.0 Å². The number of nitrogens with zero attached hydrogens (tertiary/aromatic N) is 5. The molecule has 38 heavy (non-hydrogen) atoms. The second-order valence-corrected chi connectivity index (χ2v) is 10.8. The number of benzene rings is 1. The molecule has 1 aromatic carbocycles. The van der Waals surface area contributed by atoms with Crippen LogP contribution in [0.15, 0.2) is 52.5 Å². The van der Waals surface area contributed by atoms with E-state index in [1.165, 1.54) is 36.6 Å². The van der Waals surface area contributed by atoms with Gasteiger partial charge in [0.1, 0.15) is 11.8 Å². The molecule has 196 valence electrons. The summed E-state index contributed by atoms with van der Waals surface area (Å²) >= 11 is 1.43. The molecule has 4 aromatic rings. The van der Waals surface area contributed by atoms with Crippen LogP contribution >= 0.6 is 11.8 Å². The number of anilines is 2. The van der Waals surface area contributed by atoms with Crippen molar-refractivity contribution in [3.05, 3.63) is 66.1 Å². The number of amidine groups is 1. The zero-order valence-corrected chi connectivity index (χ0v) is 21.3. The number of hydrogen-bond acceptors (Lipinski definition) is 11. The van der Waals surface area contributed by atoms with E-state index < -0.39 is 17.2 Å². The fraction of sp³-hybridized carbons (Fsp3) is 0.320. The first-order chi connectivity index (χ1) is 18.3. The van der Waals surface area contributed by atoms with E-state index >= 15 is 4.39 Å². The second-order valence-electron chi connectivity index (χ2n) is 9.35. The zero-order chi connectivity index (χ0) is 26.5. The van der Waals surface area contributed by atoms with E-state index in [-0.39, 0.29) is 34.4 Å². The summed E-state index contributed by atoms with van der Waals surface area (Å²) < 4.78 is 46.0. The van der Waals surface area contributed by atoms with E-state index in [0.29, 0.717) is 34.5 Å². The average Bonchev–Trinajstić information content (AvgIpc) is 3.36. The molecule has 1 fully saturated rings. The van der Waals surface area contributed by atoms with Crippen LogP contribution in [0.25, 0.3) is 11.0 Å². The molecule has 3 atom stereocenters. The number of methoxy groups -OCH3 is 1.